The van der Waals surface area contributed by atoms with Crippen LogP contribution < -0.4 is 0 Å². The number of carboxylic acid groups (broad SMARTS) is 1. The molecule has 0 bridgehead atoms. The maximum atomic E-state index is 11.7. The Morgan fingerprint density at radius 2 is 1.52 bits per heavy atom. The molecule has 0 aliphatic carbocycles. The number of hydrogen-bond acceptors (Lipinski definition) is 6. The molecular formula is C17H16N2O6S2. The van der Waals surface area contributed by atoms with Crippen LogP contribution in [-0.4, -0.2) is 50.2 Å². The third kappa shape index (κ3) is 3.86. The van der Waals surface area contributed by atoms with Gasteiger partial charge < -0.3 is 5.11 Å². The molecule has 0 radical (unpaired) electrons. The minimum atomic E-state index is -3.45. The molecule has 0 aliphatic rings. The average Bonchev–Trinajstić information content (AvgIpc) is 2.90. The standard InChI is InChI=1S/C17H16N2O6S2/c1-26(22,23)12-5-3-11(4-6-12)10-19-16(17(20)21)14-8-7-13(27(2,24)25)9-15(14)18-19/h3-9H,10H2,1-2H3,(H,20,21). The molecule has 3 aromatic rings. The normalized spacial score (nSPS) is 12.4. The average molecular weight is 408 g/mol. The van der Waals surface area contributed by atoms with Crippen molar-refractivity contribution in [1.82, 2.24) is 9.78 Å². The fourth-order valence-electron chi connectivity index (χ4n) is 2.70. The lowest BCUT2D eigenvalue weighted by molar-refractivity contribution is 0.0686. The largest absolute Gasteiger partial charge is 0.477 e. The smallest absolute Gasteiger partial charge is 0.354 e. The Kier molecular flexibility index (Phi) is 4.56. The van der Waals surface area contributed by atoms with Gasteiger partial charge in [-0.1, -0.05) is 12.1 Å². The number of carboxylic acids is 1. The topological polar surface area (TPSA) is 123 Å². The van der Waals surface area contributed by atoms with E-state index in [0.717, 1.165) is 12.5 Å². The zero-order chi connectivity index (χ0) is 20.0. The number of fused-ring (bicyclic) bond motifs is 1. The molecule has 8 nitrogen and oxygen atoms in total. The van der Waals surface area contributed by atoms with Gasteiger partial charge in [-0.3, -0.25) is 4.68 Å². The quantitative estimate of drug-likeness (QED) is 0.680. The molecule has 27 heavy (non-hydrogen) atoms. The summed E-state index contributed by atoms with van der Waals surface area (Å²) >= 11 is 0. The van der Waals surface area contributed by atoms with Gasteiger partial charge >= 0.3 is 5.97 Å². The summed E-state index contributed by atoms with van der Waals surface area (Å²) in [5.74, 6) is -1.20. The molecule has 0 aliphatic heterocycles. The molecule has 0 saturated heterocycles. The third-order valence-corrected chi connectivity index (χ3v) is 6.26. The van der Waals surface area contributed by atoms with Crippen LogP contribution in [-0.2, 0) is 26.2 Å². The van der Waals surface area contributed by atoms with E-state index in [1.165, 1.54) is 35.0 Å². The van der Waals surface area contributed by atoms with Gasteiger partial charge in [-0.15, -0.1) is 0 Å². The summed E-state index contributed by atoms with van der Waals surface area (Å²) < 4.78 is 47.7. The molecule has 0 saturated carbocycles. The predicted molar refractivity (Wildman–Crippen MR) is 98.5 cm³/mol. The van der Waals surface area contributed by atoms with Crippen molar-refractivity contribution in [3.63, 3.8) is 0 Å². The van der Waals surface area contributed by atoms with Gasteiger partial charge in [-0.05, 0) is 35.9 Å². The van der Waals surface area contributed by atoms with Crippen molar-refractivity contribution < 1.29 is 26.7 Å². The van der Waals surface area contributed by atoms with E-state index < -0.39 is 25.6 Å². The van der Waals surface area contributed by atoms with Gasteiger partial charge in [-0.2, -0.15) is 5.10 Å². The molecule has 1 N–H and O–H groups in total. The van der Waals surface area contributed by atoms with Crippen molar-refractivity contribution in [2.24, 2.45) is 0 Å². The summed E-state index contributed by atoms with van der Waals surface area (Å²) in [5.41, 5.74) is 0.835. The molecule has 142 valence electrons. The van der Waals surface area contributed by atoms with Gasteiger partial charge in [0.15, 0.2) is 25.4 Å². The summed E-state index contributed by atoms with van der Waals surface area (Å²) in [6.07, 6.45) is 2.16. The minimum Gasteiger partial charge on any atom is -0.477 e. The first-order valence-electron chi connectivity index (χ1n) is 7.70. The Hall–Kier alpha value is -2.72. The highest BCUT2D eigenvalue weighted by Gasteiger charge is 2.20. The Balaban J connectivity index is 2.08. The van der Waals surface area contributed by atoms with E-state index in [1.807, 2.05) is 0 Å². The first-order valence-corrected chi connectivity index (χ1v) is 11.5. The molecule has 0 atom stereocenters. The van der Waals surface area contributed by atoms with Crippen LogP contribution in [0.3, 0.4) is 0 Å². The van der Waals surface area contributed by atoms with Crippen LogP contribution in [0.4, 0.5) is 0 Å². The number of rotatable bonds is 5. The number of carbonyl (C=O) groups is 1. The van der Waals surface area contributed by atoms with Crippen LogP contribution in [0.5, 0.6) is 0 Å². The molecule has 3 rings (SSSR count). The number of hydrogen-bond donors (Lipinski definition) is 1. The summed E-state index contributed by atoms with van der Waals surface area (Å²) in [6, 6.07) is 10.1. The third-order valence-electron chi connectivity index (χ3n) is 4.03. The lowest BCUT2D eigenvalue weighted by Crippen LogP contribution is -2.11. The second kappa shape index (κ2) is 6.46. The van der Waals surface area contributed by atoms with Gasteiger partial charge in [0.2, 0.25) is 0 Å². The second-order valence-corrected chi connectivity index (χ2v) is 10.2. The Morgan fingerprint density at radius 1 is 0.963 bits per heavy atom. The van der Waals surface area contributed by atoms with Gasteiger partial charge in [0.25, 0.3) is 0 Å². The van der Waals surface area contributed by atoms with Crippen LogP contribution in [0.15, 0.2) is 52.3 Å². The molecule has 2 aromatic carbocycles. The van der Waals surface area contributed by atoms with Crippen LogP contribution in [0.1, 0.15) is 16.1 Å². The number of nitrogens with zero attached hydrogens (tertiary/aromatic N) is 2. The predicted octanol–water partition coefficient (Wildman–Crippen LogP) is 1.59. The number of sulfone groups is 2. The van der Waals surface area contributed by atoms with E-state index in [9.17, 15) is 26.7 Å². The highest BCUT2D eigenvalue weighted by Crippen LogP contribution is 2.23. The lowest BCUT2D eigenvalue weighted by Gasteiger charge is -2.06. The van der Waals surface area contributed by atoms with E-state index >= 15 is 0 Å². The van der Waals surface area contributed by atoms with E-state index in [-0.39, 0.29) is 27.5 Å². The summed E-state index contributed by atoms with van der Waals surface area (Å²) in [4.78, 5) is 11.9. The van der Waals surface area contributed by atoms with Crippen molar-refractivity contribution in [2.75, 3.05) is 12.5 Å². The van der Waals surface area contributed by atoms with Crippen LogP contribution in [0.2, 0.25) is 0 Å². The van der Waals surface area contributed by atoms with E-state index in [1.54, 1.807) is 12.1 Å². The van der Waals surface area contributed by atoms with Crippen molar-refractivity contribution in [1.29, 1.82) is 0 Å². The highest BCUT2D eigenvalue weighted by molar-refractivity contribution is 7.91. The number of benzene rings is 2. The van der Waals surface area contributed by atoms with Crippen LogP contribution in [0.25, 0.3) is 10.9 Å². The van der Waals surface area contributed by atoms with Crippen molar-refractivity contribution >= 4 is 36.5 Å². The summed E-state index contributed by atoms with van der Waals surface area (Å²) in [7, 11) is -6.78. The molecule has 1 aromatic heterocycles. The lowest BCUT2D eigenvalue weighted by atomic mass is 10.2. The fourth-order valence-corrected chi connectivity index (χ4v) is 3.97. The van der Waals surface area contributed by atoms with E-state index in [2.05, 4.69) is 5.10 Å². The molecule has 0 spiro atoms. The zero-order valence-corrected chi connectivity index (χ0v) is 16.1. The van der Waals surface area contributed by atoms with Crippen molar-refractivity contribution in [3.05, 3.63) is 53.7 Å². The van der Waals surface area contributed by atoms with E-state index in [0.29, 0.717) is 10.9 Å². The Labute approximate surface area is 155 Å². The maximum Gasteiger partial charge on any atom is 0.354 e. The second-order valence-electron chi connectivity index (χ2n) is 6.18. The Bertz CT molecular complexity index is 1260. The van der Waals surface area contributed by atoms with E-state index in [4.69, 9.17) is 0 Å². The molecular weight excluding hydrogens is 392 g/mol. The molecule has 0 amide bonds. The van der Waals surface area contributed by atoms with Crippen molar-refractivity contribution in [2.45, 2.75) is 16.3 Å². The highest BCUT2D eigenvalue weighted by atomic mass is 32.2. The summed E-state index contributed by atoms with van der Waals surface area (Å²) in [5, 5.41) is 14.1. The fraction of sp³-hybridized carbons (Fsp3) is 0.176. The first kappa shape index (κ1) is 19.1. The van der Waals surface area contributed by atoms with Crippen LogP contribution >= 0.6 is 0 Å². The molecule has 10 heteroatoms. The Morgan fingerprint density at radius 3 is 2.04 bits per heavy atom. The van der Waals surface area contributed by atoms with Gasteiger partial charge in [0, 0.05) is 17.9 Å². The SMILES string of the molecule is CS(=O)(=O)c1ccc(Cn2nc3cc(S(C)(=O)=O)ccc3c2C(=O)O)cc1. The van der Waals surface area contributed by atoms with Gasteiger partial charge in [-0.25, -0.2) is 21.6 Å². The first-order chi connectivity index (χ1) is 12.5. The van der Waals surface area contributed by atoms with Gasteiger partial charge in [0.1, 0.15) is 0 Å². The molecule has 0 fully saturated rings. The maximum absolute atomic E-state index is 11.7. The minimum absolute atomic E-state index is 0.0501. The summed E-state index contributed by atoms with van der Waals surface area (Å²) in [6.45, 7) is 0.0918. The molecule has 1 heterocycles. The zero-order valence-electron chi connectivity index (χ0n) is 14.4. The van der Waals surface area contributed by atoms with Crippen molar-refractivity contribution in [3.8, 4) is 0 Å². The van der Waals surface area contributed by atoms with Crippen LogP contribution in [0, 0.1) is 0 Å². The van der Waals surface area contributed by atoms with Gasteiger partial charge in [0.05, 0.1) is 21.9 Å². The number of aromatic carboxylic acids is 1. The number of aromatic nitrogens is 2. The monoisotopic (exact) mass is 408 g/mol. The molecule has 0 unspecified atom stereocenters.